The molecule has 2 aliphatic heterocycles. The predicted octanol–water partition coefficient (Wildman–Crippen LogP) is 5.48. The third-order valence-electron chi connectivity index (χ3n) is 8.50. The summed E-state index contributed by atoms with van der Waals surface area (Å²) in [6.07, 6.45) is 7.00. The Morgan fingerprint density at radius 2 is 1.88 bits per heavy atom. The molecule has 2 aromatic carbocycles. The molecular formula is C32H39F2N3O4. The molecule has 0 bridgehead atoms. The second-order valence-corrected chi connectivity index (χ2v) is 11.2. The van der Waals surface area contributed by atoms with Gasteiger partial charge in [0.2, 0.25) is 0 Å². The maximum atomic E-state index is 13.8. The van der Waals surface area contributed by atoms with E-state index in [1.807, 2.05) is 18.3 Å². The number of morpholine rings is 1. The zero-order valence-corrected chi connectivity index (χ0v) is 23.7. The molecule has 5 rings (SSSR count). The molecule has 0 aliphatic carbocycles. The molecule has 0 saturated carbocycles. The van der Waals surface area contributed by atoms with E-state index in [0.29, 0.717) is 31.7 Å². The van der Waals surface area contributed by atoms with Crippen LogP contribution in [0, 0.1) is 17.6 Å². The van der Waals surface area contributed by atoms with Crippen molar-refractivity contribution in [2.75, 3.05) is 51.4 Å². The van der Waals surface area contributed by atoms with E-state index in [1.54, 1.807) is 7.11 Å². The van der Waals surface area contributed by atoms with Gasteiger partial charge in [0.15, 0.2) is 0 Å². The summed E-state index contributed by atoms with van der Waals surface area (Å²) in [7, 11) is 1.67. The number of likely N-dealkylation sites (tertiary alicyclic amines) is 1. The number of hydrogen-bond acceptors (Lipinski definition) is 6. The first kappa shape index (κ1) is 29.2. The summed E-state index contributed by atoms with van der Waals surface area (Å²) in [5.41, 5.74) is 3.95. The molecule has 7 nitrogen and oxygen atoms in total. The number of halogens is 2. The van der Waals surface area contributed by atoms with Crippen LogP contribution >= 0.6 is 0 Å². The minimum Gasteiger partial charge on any atom is -0.497 e. The standard InChI is InChI=1S/C32H39F2N3O4/c1-40-27-5-6-30-29(20-27)28(31(21-35-30)37-11-13-41-14-12-37)4-2-3-26-17-23(18-32(38)39)8-10-36(26)9-7-22-15-24(33)19-25(34)16-22/h5-6,15-16,19-21,23,26H,2-4,7-14,17-18H2,1H3,(H,38,39). The molecular weight excluding hydrogens is 528 g/mol. The van der Waals surface area contributed by atoms with E-state index in [-0.39, 0.29) is 18.4 Å². The summed E-state index contributed by atoms with van der Waals surface area (Å²) in [6.45, 7) is 4.48. The lowest BCUT2D eigenvalue weighted by atomic mass is 9.85. The van der Waals surface area contributed by atoms with Crippen LogP contribution < -0.4 is 9.64 Å². The van der Waals surface area contributed by atoms with Crippen molar-refractivity contribution in [3.05, 3.63) is 65.4 Å². The number of piperidine rings is 1. The summed E-state index contributed by atoms with van der Waals surface area (Å²) < 4.78 is 38.7. The Morgan fingerprint density at radius 3 is 2.61 bits per heavy atom. The average Bonchev–Trinajstić information content (AvgIpc) is 2.96. The van der Waals surface area contributed by atoms with Gasteiger partial charge in [-0.15, -0.1) is 0 Å². The number of aryl methyl sites for hydroxylation is 1. The van der Waals surface area contributed by atoms with E-state index in [1.165, 1.54) is 17.7 Å². The summed E-state index contributed by atoms with van der Waals surface area (Å²) in [4.78, 5) is 21.0. The van der Waals surface area contributed by atoms with Crippen molar-refractivity contribution in [1.29, 1.82) is 0 Å². The Labute approximate surface area is 240 Å². The van der Waals surface area contributed by atoms with Gasteiger partial charge in [0.1, 0.15) is 17.4 Å². The zero-order valence-electron chi connectivity index (χ0n) is 23.7. The van der Waals surface area contributed by atoms with E-state index in [2.05, 4.69) is 15.9 Å². The summed E-state index contributed by atoms with van der Waals surface area (Å²) in [5.74, 6) is -0.952. The van der Waals surface area contributed by atoms with E-state index in [4.69, 9.17) is 14.5 Å². The number of carboxylic acid groups (broad SMARTS) is 1. The first-order valence-corrected chi connectivity index (χ1v) is 14.6. The second-order valence-electron chi connectivity index (χ2n) is 11.2. The molecule has 1 aromatic heterocycles. The molecule has 2 saturated heterocycles. The van der Waals surface area contributed by atoms with Crippen molar-refractivity contribution in [1.82, 2.24) is 9.88 Å². The Bertz CT molecular complexity index is 1330. The number of anilines is 1. The van der Waals surface area contributed by atoms with Gasteiger partial charge in [-0.1, -0.05) is 0 Å². The number of nitrogens with zero attached hydrogens (tertiary/aromatic N) is 3. The summed E-state index contributed by atoms with van der Waals surface area (Å²) in [6, 6.07) is 9.89. The minimum atomic E-state index is -0.759. The van der Waals surface area contributed by atoms with Gasteiger partial charge in [0.25, 0.3) is 0 Å². The maximum Gasteiger partial charge on any atom is 0.303 e. The van der Waals surface area contributed by atoms with Gasteiger partial charge in [-0.05, 0) is 92.4 Å². The Morgan fingerprint density at radius 1 is 1.10 bits per heavy atom. The molecule has 3 aromatic rings. The highest BCUT2D eigenvalue weighted by Crippen LogP contribution is 2.34. The fourth-order valence-corrected chi connectivity index (χ4v) is 6.43. The monoisotopic (exact) mass is 567 g/mol. The predicted molar refractivity (Wildman–Crippen MR) is 155 cm³/mol. The van der Waals surface area contributed by atoms with Gasteiger partial charge < -0.3 is 24.4 Å². The molecule has 2 atom stereocenters. The van der Waals surface area contributed by atoms with Gasteiger partial charge in [-0.3, -0.25) is 9.78 Å². The average molecular weight is 568 g/mol. The number of aliphatic carboxylic acids is 1. The molecule has 2 unspecified atom stereocenters. The molecule has 41 heavy (non-hydrogen) atoms. The molecule has 0 radical (unpaired) electrons. The van der Waals surface area contributed by atoms with E-state index < -0.39 is 17.6 Å². The van der Waals surface area contributed by atoms with Gasteiger partial charge in [-0.2, -0.15) is 0 Å². The largest absolute Gasteiger partial charge is 0.497 e. The summed E-state index contributed by atoms with van der Waals surface area (Å²) >= 11 is 0. The number of pyridine rings is 1. The van der Waals surface area contributed by atoms with Crippen molar-refractivity contribution in [2.24, 2.45) is 5.92 Å². The third kappa shape index (κ3) is 7.51. The fourth-order valence-electron chi connectivity index (χ4n) is 6.43. The normalized spacial score (nSPS) is 19.9. The maximum absolute atomic E-state index is 13.8. The quantitative estimate of drug-likeness (QED) is 0.329. The number of methoxy groups -OCH3 is 1. The van der Waals surface area contributed by atoms with Gasteiger partial charge in [0, 0.05) is 43.5 Å². The van der Waals surface area contributed by atoms with Crippen LogP contribution in [0.15, 0.2) is 42.6 Å². The molecule has 3 heterocycles. The molecule has 0 spiro atoms. The Hall–Kier alpha value is -3.30. The topological polar surface area (TPSA) is 75.1 Å². The molecule has 9 heteroatoms. The van der Waals surface area contributed by atoms with Crippen molar-refractivity contribution < 1.29 is 28.2 Å². The van der Waals surface area contributed by atoms with Gasteiger partial charge in [-0.25, -0.2) is 8.78 Å². The first-order chi connectivity index (χ1) is 19.9. The SMILES string of the molecule is COc1ccc2ncc(N3CCOCC3)c(CCCC3CC(CC(=O)O)CCN3CCc3cc(F)cc(F)c3)c2c1. The van der Waals surface area contributed by atoms with E-state index >= 15 is 0 Å². The van der Waals surface area contributed by atoms with E-state index in [0.717, 1.165) is 80.1 Å². The Balaban J connectivity index is 1.33. The van der Waals surface area contributed by atoms with Gasteiger partial charge in [0.05, 0.1) is 37.7 Å². The second kappa shape index (κ2) is 13.6. The van der Waals surface area contributed by atoms with E-state index in [9.17, 15) is 18.7 Å². The number of ether oxygens (including phenoxy) is 2. The molecule has 1 N–H and O–H groups in total. The zero-order chi connectivity index (χ0) is 28.8. The van der Waals surface area contributed by atoms with Crippen LogP contribution in [0.25, 0.3) is 10.9 Å². The van der Waals surface area contributed by atoms with Crippen molar-refractivity contribution in [2.45, 2.75) is 51.0 Å². The Kier molecular flexibility index (Phi) is 9.67. The summed E-state index contributed by atoms with van der Waals surface area (Å²) in [5, 5.41) is 10.5. The fraction of sp³-hybridized carbons (Fsp3) is 0.500. The van der Waals surface area contributed by atoms with Crippen LogP contribution in [0.3, 0.4) is 0 Å². The lowest BCUT2D eigenvalue weighted by Gasteiger charge is -2.39. The molecule has 0 amide bonds. The number of carbonyl (C=O) groups is 1. The third-order valence-corrected chi connectivity index (χ3v) is 8.50. The van der Waals surface area contributed by atoms with Crippen molar-refractivity contribution in [3.8, 4) is 5.75 Å². The highest BCUT2D eigenvalue weighted by Gasteiger charge is 2.29. The highest BCUT2D eigenvalue weighted by molar-refractivity contribution is 5.88. The number of rotatable bonds is 11. The smallest absolute Gasteiger partial charge is 0.303 e. The number of fused-ring (bicyclic) bond motifs is 1. The van der Waals surface area contributed by atoms with Crippen LogP contribution in [0.4, 0.5) is 14.5 Å². The number of hydrogen-bond donors (Lipinski definition) is 1. The number of aromatic nitrogens is 1. The lowest BCUT2D eigenvalue weighted by molar-refractivity contribution is -0.138. The van der Waals surface area contributed by atoms with Crippen LogP contribution in [0.5, 0.6) is 5.75 Å². The molecule has 2 aliphatic rings. The lowest BCUT2D eigenvalue weighted by Crippen LogP contribution is -2.44. The first-order valence-electron chi connectivity index (χ1n) is 14.6. The number of benzene rings is 2. The minimum absolute atomic E-state index is 0.135. The van der Waals surface area contributed by atoms with Gasteiger partial charge >= 0.3 is 5.97 Å². The van der Waals surface area contributed by atoms with Crippen LogP contribution in [0.1, 0.15) is 43.2 Å². The van der Waals surface area contributed by atoms with Crippen LogP contribution in [-0.4, -0.2) is 73.5 Å². The molecule has 220 valence electrons. The highest BCUT2D eigenvalue weighted by atomic mass is 19.1. The van der Waals surface area contributed by atoms with Crippen molar-refractivity contribution >= 4 is 22.6 Å². The van der Waals surface area contributed by atoms with Crippen LogP contribution in [-0.2, 0) is 22.4 Å². The van der Waals surface area contributed by atoms with Crippen LogP contribution in [0.2, 0.25) is 0 Å². The molecule has 2 fully saturated rings. The number of carboxylic acids is 1. The van der Waals surface area contributed by atoms with Crippen molar-refractivity contribution in [3.63, 3.8) is 0 Å².